The molecular weight excluding hydrogens is 412 g/mol. The molecule has 1 fully saturated rings. The number of rotatable bonds is 4. The highest BCUT2D eigenvalue weighted by atomic mass is 16.6. The van der Waals surface area contributed by atoms with Crippen molar-refractivity contribution in [2.75, 3.05) is 20.1 Å². The molecular formula is C23H28N4O5. The van der Waals surface area contributed by atoms with E-state index in [9.17, 15) is 9.59 Å². The average molecular weight is 441 g/mol. The molecule has 2 amide bonds. The Hall–Kier alpha value is -3.36. The smallest absolute Gasteiger partial charge is 0.410 e. The summed E-state index contributed by atoms with van der Waals surface area (Å²) in [6.07, 6.45) is 2.82. The number of fused-ring (bicyclic) bond motifs is 1. The molecule has 0 unspecified atom stereocenters. The van der Waals surface area contributed by atoms with Crippen LogP contribution in [0.15, 0.2) is 33.4 Å². The SMILES string of the molecule is Cc1noc2nc(-c3ccco3)cc(C(=O)N3CCC[C@H]3CN(C)C(=O)OC(C)(C)C)c12. The molecule has 1 aliphatic heterocycles. The van der Waals surface area contributed by atoms with Crippen LogP contribution in [0.5, 0.6) is 0 Å². The molecule has 4 heterocycles. The largest absolute Gasteiger partial charge is 0.463 e. The highest BCUT2D eigenvalue weighted by molar-refractivity contribution is 6.07. The Bertz CT molecular complexity index is 1130. The summed E-state index contributed by atoms with van der Waals surface area (Å²) in [6, 6.07) is 5.15. The van der Waals surface area contributed by atoms with Gasteiger partial charge >= 0.3 is 6.09 Å². The molecule has 32 heavy (non-hydrogen) atoms. The third-order valence-corrected chi connectivity index (χ3v) is 5.45. The maximum atomic E-state index is 13.7. The van der Waals surface area contributed by atoms with Gasteiger partial charge in [0.2, 0.25) is 0 Å². The van der Waals surface area contributed by atoms with E-state index < -0.39 is 11.7 Å². The van der Waals surface area contributed by atoms with Crippen LogP contribution in [0.4, 0.5) is 4.79 Å². The van der Waals surface area contributed by atoms with Gasteiger partial charge < -0.3 is 23.5 Å². The molecule has 0 radical (unpaired) electrons. The van der Waals surface area contributed by atoms with Gasteiger partial charge in [-0.3, -0.25) is 4.79 Å². The molecule has 9 nitrogen and oxygen atoms in total. The molecule has 9 heteroatoms. The van der Waals surface area contributed by atoms with E-state index in [0.29, 0.717) is 46.9 Å². The number of nitrogens with zero attached hydrogens (tertiary/aromatic N) is 4. The summed E-state index contributed by atoms with van der Waals surface area (Å²) in [5.41, 5.74) is 1.29. The van der Waals surface area contributed by atoms with Crippen molar-refractivity contribution in [1.29, 1.82) is 0 Å². The standard InChI is InChI=1S/C23H28N4O5/c1-14-19-16(12-17(18-9-7-11-30-18)24-20(19)32-25-14)21(28)27-10-6-8-15(27)13-26(5)22(29)31-23(2,3)4/h7,9,11-12,15H,6,8,10,13H2,1-5H3/t15-/m0/s1. The van der Waals surface area contributed by atoms with E-state index in [1.54, 1.807) is 38.4 Å². The Morgan fingerprint density at radius 2 is 2.12 bits per heavy atom. The molecule has 1 aliphatic rings. The van der Waals surface area contributed by atoms with E-state index in [2.05, 4.69) is 10.1 Å². The second-order valence-corrected chi connectivity index (χ2v) is 9.14. The number of aryl methyl sites for hydroxylation is 1. The lowest BCUT2D eigenvalue weighted by molar-refractivity contribution is 0.0252. The summed E-state index contributed by atoms with van der Waals surface area (Å²) < 4.78 is 16.3. The Labute approximate surface area is 186 Å². The highest BCUT2D eigenvalue weighted by Gasteiger charge is 2.34. The van der Waals surface area contributed by atoms with Gasteiger partial charge in [-0.05, 0) is 58.7 Å². The number of likely N-dealkylation sites (N-methyl/N-ethyl adjacent to an activating group) is 1. The molecule has 1 atom stereocenters. The van der Waals surface area contributed by atoms with Crippen molar-refractivity contribution < 1.29 is 23.3 Å². The number of hydrogen-bond acceptors (Lipinski definition) is 7. The van der Waals surface area contributed by atoms with Gasteiger partial charge in [0.1, 0.15) is 11.3 Å². The molecule has 0 saturated carbocycles. The van der Waals surface area contributed by atoms with Crippen LogP contribution in [0.1, 0.15) is 49.7 Å². The lowest BCUT2D eigenvalue weighted by Gasteiger charge is -2.30. The number of carbonyl (C=O) groups is 2. The quantitative estimate of drug-likeness (QED) is 0.597. The number of carbonyl (C=O) groups excluding carboxylic acids is 2. The number of furan rings is 1. The Balaban J connectivity index is 1.62. The van der Waals surface area contributed by atoms with Gasteiger partial charge in [0.25, 0.3) is 11.6 Å². The van der Waals surface area contributed by atoms with Crippen molar-refractivity contribution in [3.63, 3.8) is 0 Å². The van der Waals surface area contributed by atoms with Crippen LogP contribution < -0.4 is 0 Å². The first-order valence-corrected chi connectivity index (χ1v) is 10.7. The minimum atomic E-state index is -0.576. The van der Waals surface area contributed by atoms with Crippen molar-refractivity contribution in [2.45, 2.75) is 52.2 Å². The third-order valence-electron chi connectivity index (χ3n) is 5.45. The first-order valence-electron chi connectivity index (χ1n) is 10.7. The number of aromatic nitrogens is 2. The zero-order valence-electron chi connectivity index (χ0n) is 19.0. The van der Waals surface area contributed by atoms with Crippen LogP contribution >= 0.6 is 0 Å². The summed E-state index contributed by atoms with van der Waals surface area (Å²) in [5.74, 6) is 0.397. The highest BCUT2D eigenvalue weighted by Crippen LogP contribution is 2.30. The molecule has 0 spiro atoms. The van der Waals surface area contributed by atoms with Gasteiger partial charge in [-0.25, -0.2) is 9.78 Å². The van der Waals surface area contributed by atoms with Crippen LogP contribution in [0.3, 0.4) is 0 Å². The number of ether oxygens (including phenoxy) is 1. The van der Waals surface area contributed by atoms with Crippen molar-refractivity contribution >= 4 is 23.1 Å². The summed E-state index contributed by atoms with van der Waals surface area (Å²) in [4.78, 5) is 33.9. The third kappa shape index (κ3) is 4.32. The lowest BCUT2D eigenvalue weighted by atomic mass is 10.1. The number of hydrogen-bond donors (Lipinski definition) is 0. The van der Waals surface area contributed by atoms with Crippen molar-refractivity contribution in [1.82, 2.24) is 19.9 Å². The van der Waals surface area contributed by atoms with E-state index in [-0.39, 0.29) is 11.9 Å². The predicted octanol–water partition coefficient (Wildman–Crippen LogP) is 4.26. The first kappa shape index (κ1) is 21.9. The second-order valence-electron chi connectivity index (χ2n) is 9.14. The maximum absolute atomic E-state index is 13.7. The van der Waals surface area contributed by atoms with Crippen LogP contribution in [-0.2, 0) is 4.74 Å². The summed E-state index contributed by atoms with van der Waals surface area (Å²) in [6.45, 7) is 8.27. The normalized spacial score (nSPS) is 16.5. The van der Waals surface area contributed by atoms with Gasteiger partial charge in [-0.1, -0.05) is 5.16 Å². The minimum Gasteiger partial charge on any atom is -0.463 e. The molecule has 0 N–H and O–H groups in total. The summed E-state index contributed by atoms with van der Waals surface area (Å²) in [5, 5.41) is 4.60. The van der Waals surface area contributed by atoms with Crippen molar-refractivity contribution in [2.24, 2.45) is 0 Å². The van der Waals surface area contributed by atoms with Crippen LogP contribution in [0, 0.1) is 6.92 Å². The van der Waals surface area contributed by atoms with Crippen LogP contribution in [0.25, 0.3) is 22.6 Å². The monoisotopic (exact) mass is 440 g/mol. The number of likely N-dealkylation sites (tertiary alicyclic amines) is 1. The number of amides is 2. The molecule has 1 saturated heterocycles. The van der Waals surface area contributed by atoms with Crippen LogP contribution in [0.2, 0.25) is 0 Å². The molecule has 0 aliphatic carbocycles. The van der Waals surface area contributed by atoms with E-state index in [0.717, 1.165) is 12.8 Å². The zero-order chi connectivity index (χ0) is 23.0. The fourth-order valence-electron chi connectivity index (χ4n) is 3.99. The topological polar surface area (TPSA) is 102 Å². The van der Waals surface area contributed by atoms with E-state index in [4.69, 9.17) is 13.7 Å². The summed E-state index contributed by atoms with van der Waals surface area (Å²) in [7, 11) is 1.69. The van der Waals surface area contributed by atoms with E-state index in [1.807, 2.05) is 25.7 Å². The summed E-state index contributed by atoms with van der Waals surface area (Å²) >= 11 is 0. The Kier molecular flexibility index (Phi) is 5.66. The molecule has 4 rings (SSSR count). The number of pyridine rings is 1. The fraction of sp³-hybridized carbons (Fsp3) is 0.478. The minimum absolute atomic E-state index is 0.115. The Morgan fingerprint density at radius 3 is 2.81 bits per heavy atom. The van der Waals surface area contributed by atoms with Gasteiger partial charge in [-0.15, -0.1) is 0 Å². The second kappa shape index (κ2) is 8.29. The Morgan fingerprint density at radius 1 is 1.34 bits per heavy atom. The average Bonchev–Trinajstić information content (AvgIpc) is 3.47. The van der Waals surface area contributed by atoms with Gasteiger partial charge in [0.15, 0.2) is 5.76 Å². The maximum Gasteiger partial charge on any atom is 0.410 e. The van der Waals surface area contributed by atoms with Gasteiger partial charge in [0.05, 0.1) is 22.9 Å². The van der Waals surface area contributed by atoms with Crippen molar-refractivity contribution in [3.8, 4) is 11.5 Å². The zero-order valence-corrected chi connectivity index (χ0v) is 19.0. The molecule has 0 bridgehead atoms. The fourth-order valence-corrected chi connectivity index (χ4v) is 3.99. The first-order chi connectivity index (χ1) is 15.1. The molecule has 3 aromatic heterocycles. The molecule has 170 valence electrons. The van der Waals surface area contributed by atoms with E-state index >= 15 is 0 Å². The lowest BCUT2D eigenvalue weighted by Crippen LogP contribution is -2.45. The van der Waals surface area contributed by atoms with Crippen molar-refractivity contribution in [3.05, 3.63) is 35.7 Å². The van der Waals surface area contributed by atoms with Crippen LogP contribution in [-0.4, -0.2) is 63.7 Å². The van der Waals surface area contributed by atoms with Gasteiger partial charge in [-0.2, -0.15) is 0 Å². The molecule has 0 aromatic carbocycles. The molecule has 3 aromatic rings. The van der Waals surface area contributed by atoms with E-state index in [1.165, 1.54) is 4.90 Å². The van der Waals surface area contributed by atoms with Gasteiger partial charge in [0, 0.05) is 26.2 Å². The predicted molar refractivity (Wildman–Crippen MR) is 117 cm³/mol.